The highest BCUT2D eigenvalue weighted by molar-refractivity contribution is 5.97. The van der Waals surface area contributed by atoms with Gasteiger partial charge in [-0.15, -0.1) is 0 Å². The molecule has 178 valence electrons. The minimum atomic E-state index is -1.06. The second-order valence-corrected chi connectivity index (χ2v) is 6.21. The molecule has 0 radical (unpaired) electrons. The van der Waals surface area contributed by atoms with Crippen molar-refractivity contribution < 1.29 is 33.8 Å². The first-order valence-corrected chi connectivity index (χ1v) is 9.02. The number of nitro groups is 3. The molecule has 0 aliphatic carbocycles. The van der Waals surface area contributed by atoms with E-state index in [4.69, 9.17) is 9.47 Å². The van der Waals surface area contributed by atoms with Crippen LogP contribution in [0.5, 0.6) is 11.5 Å². The monoisotopic (exact) mass is 476 g/mol. The van der Waals surface area contributed by atoms with Gasteiger partial charge in [-0.05, 0) is 18.2 Å². The summed E-state index contributed by atoms with van der Waals surface area (Å²) in [6, 6.07) is 5.36. The predicted molar refractivity (Wildman–Crippen MR) is 114 cm³/mol. The Hall–Kier alpha value is -5.15. The number of amides is 2. The van der Waals surface area contributed by atoms with E-state index in [1.165, 1.54) is 32.4 Å². The molecule has 2 aromatic carbocycles. The lowest BCUT2D eigenvalue weighted by Crippen LogP contribution is -2.34. The van der Waals surface area contributed by atoms with Gasteiger partial charge in [-0.2, -0.15) is 5.10 Å². The maximum Gasteiger partial charge on any atom is 0.292 e. The van der Waals surface area contributed by atoms with E-state index in [1.54, 1.807) is 0 Å². The number of benzene rings is 2. The van der Waals surface area contributed by atoms with E-state index < -0.39 is 55.8 Å². The van der Waals surface area contributed by atoms with Gasteiger partial charge in [-0.25, -0.2) is 5.43 Å². The van der Waals surface area contributed by atoms with E-state index in [-0.39, 0.29) is 11.3 Å². The van der Waals surface area contributed by atoms with Crippen LogP contribution < -0.4 is 20.2 Å². The van der Waals surface area contributed by atoms with Crippen molar-refractivity contribution in [1.29, 1.82) is 0 Å². The van der Waals surface area contributed by atoms with Crippen LogP contribution in [0.4, 0.5) is 17.1 Å². The molecule has 0 aliphatic rings. The van der Waals surface area contributed by atoms with Crippen LogP contribution >= 0.6 is 0 Å². The average Bonchev–Trinajstić information content (AvgIpc) is 2.81. The Morgan fingerprint density at radius 3 is 2.03 bits per heavy atom. The van der Waals surface area contributed by atoms with Gasteiger partial charge in [0.05, 0.1) is 53.9 Å². The van der Waals surface area contributed by atoms with E-state index in [0.717, 1.165) is 0 Å². The molecule has 2 N–H and O–H groups in total. The van der Waals surface area contributed by atoms with Gasteiger partial charge >= 0.3 is 0 Å². The number of methoxy groups -OCH3 is 2. The molecule has 34 heavy (non-hydrogen) atoms. The van der Waals surface area contributed by atoms with E-state index >= 15 is 0 Å². The lowest BCUT2D eigenvalue weighted by molar-refractivity contribution is -0.403. The number of hydrazone groups is 1. The average molecular weight is 476 g/mol. The van der Waals surface area contributed by atoms with Crippen molar-refractivity contribution in [2.45, 2.75) is 0 Å². The number of rotatable bonds is 10. The van der Waals surface area contributed by atoms with Crippen molar-refractivity contribution in [3.05, 3.63) is 71.8 Å². The standard InChI is InChI=1S/C18H16N6O10/c1-33-15-4-3-10(5-16(15)34-2)18(26)19-9-17(25)21-20-8-12-13(23(29)30)6-11(22(27)28)7-14(12)24(31)32/h3-8H,9H2,1-2H3,(H,19,26)(H,21,25)/b20-8+. The van der Waals surface area contributed by atoms with Crippen LogP contribution in [0.2, 0.25) is 0 Å². The molecule has 0 spiro atoms. The molecule has 2 amide bonds. The zero-order valence-electron chi connectivity index (χ0n) is 17.5. The summed E-state index contributed by atoms with van der Waals surface area (Å²) in [5.41, 5.74) is -1.35. The molecular weight excluding hydrogens is 460 g/mol. The Labute approximate surface area is 189 Å². The molecule has 0 saturated carbocycles. The van der Waals surface area contributed by atoms with Crippen LogP contribution in [0.3, 0.4) is 0 Å². The van der Waals surface area contributed by atoms with Crippen molar-refractivity contribution >= 4 is 35.1 Å². The SMILES string of the molecule is COc1ccc(C(=O)NCC(=O)N/N=C/c2c([N+](=O)[O-])cc([N+](=O)[O-])cc2[N+](=O)[O-])cc1OC. The van der Waals surface area contributed by atoms with E-state index in [2.05, 4.69) is 10.4 Å². The fourth-order valence-electron chi connectivity index (χ4n) is 2.60. The molecule has 0 fully saturated rings. The number of non-ortho nitro benzene ring substituents is 1. The van der Waals surface area contributed by atoms with Gasteiger partial charge in [0.25, 0.3) is 28.9 Å². The molecule has 0 atom stereocenters. The van der Waals surface area contributed by atoms with Gasteiger partial charge in [0.15, 0.2) is 17.1 Å². The van der Waals surface area contributed by atoms with Gasteiger partial charge in [-0.3, -0.25) is 39.9 Å². The molecule has 0 bridgehead atoms. The molecule has 16 nitrogen and oxygen atoms in total. The number of carbonyl (C=O) groups is 2. The topological polar surface area (TPSA) is 218 Å². The largest absolute Gasteiger partial charge is 0.493 e. The fourth-order valence-corrected chi connectivity index (χ4v) is 2.60. The first-order valence-electron chi connectivity index (χ1n) is 9.02. The van der Waals surface area contributed by atoms with Crippen LogP contribution in [-0.4, -0.2) is 53.6 Å². The number of carbonyl (C=O) groups excluding carboxylic acids is 2. The molecular formula is C18H16N6O10. The highest BCUT2D eigenvalue weighted by Crippen LogP contribution is 2.32. The smallest absolute Gasteiger partial charge is 0.292 e. The summed E-state index contributed by atoms with van der Waals surface area (Å²) in [5.74, 6) is -0.824. The van der Waals surface area contributed by atoms with Gasteiger partial charge < -0.3 is 14.8 Å². The fraction of sp³-hybridized carbons (Fsp3) is 0.167. The van der Waals surface area contributed by atoms with Crippen LogP contribution in [-0.2, 0) is 4.79 Å². The summed E-state index contributed by atoms with van der Waals surface area (Å²) in [6.45, 7) is -0.561. The molecule has 2 aromatic rings. The predicted octanol–water partition coefficient (Wildman–Crippen LogP) is 1.31. The van der Waals surface area contributed by atoms with Crippen LogP contribution in [0.15, 0.2) is 35.4 Å². The third-order valence-electron chi connectivity index (χ3n) is 4.16. The van der Waals surface area contributed by atoms with Gasteiger partial charge in [0.1, 0.15) is 0 Å². The van der Waals surface area contributed by atoms with Crippen molar-refractivity contribution in [1.82, 2.24) is 10.7 Å². The first kappa shape index (κ1) is 25.1. The Bertz CT molecular complexity index is 1160. The number of nitro benzene ring substituents is 3. The molecule has 0 saturated heterocycles. The van der Waals surface area contributed by atoms with Crippen molar-refractivity contribution in [3.8, 4) is 11.5 Å². The van der Waals surface area contributed by atoms with Crippen LogP contribution in [0.1, 0.15) is 15.9 Å². The summed E-state index contributed by atoms with van der Waals surface area (Å²) in [6.07, 6.45) is 0.605. The zero-order chi connectivity index (χ0) is 25.4. The lowest BCUT2D eigenvalue weighted by Gasteiger charge is -2.09. The summed E-state index contributed by atoms with van der Waals surface area (Å²) in [5, 5.41) is 39.0. The number of hydrogen-bond donors (Lipinski definition) is 2. The van der Waals surface area contributed by atoms with Crippen LogP contribution in [0.25, 0.3) is 0 Å². The van der Waals surface area contributed by atoms with Crippen molar-refractivity contribution in [2.75, 3.05) is 20.8 Å². The van der Waals surface area contributed by atoms with Crippen LogP contribution in [0, 0.1) is 30.3 Å². The number of ether oxygens (including phenoxy) is 2. The highest BCUT2D eigenvalue weighted by atomic mass is 16.6. The Balaban J connectivity index is 2.12. The lowest BCUT2D eigenvalue weighted by atomic mass is 10.1. The molecule has 0 aliphatic heterocycles. The van der Waals surface area contributed by atoms with Gasteiger partial charge in [-0.1, -0.05) is 0 Å². The number of nitrogens with zero attached hydrogens (tertiary/aromatic N) is 4. The normalized spacial score (nSPS) is 10.4. The minimum Gasteiger partial charge on any atom is -0.493 e. The maximum atomic E-state index is 12.2. The Morgan fingerprint density at radius 1 is 0.941 bits per heavy atom. The highest BCUT2D eigenvalue weighted by Gasteiger charge is 2.29. The molecule has 0 heterocycles. The molecule has 2 rings (SSSR count). The Kier molecular flexibility index (Phi) is 8.08. The summed E-state index contributed by atoms with van der Waals surface area (Å²) >= 11 is 0. The number of nitrogens with one attached hydrogen (secondary N) is 2. The summed E-state index contributed by atoms with van der Waals surface area (Å²) < 4.78 is 10.1. The summed E-state index contributed by atoms with van der Waals surface area (Å²) in [7, 11) is 2.80. The minimum absolute atomic E-state index is 0.158. The number of hydrogen-bond acceptors (Lipinski definition) is 11. The van der Waals surface area contributed by atoms with Gasteiger partial charge in [0, 0.05) is 5.56 Å². The summed E-state index contributed by atoms with van der Waals surface area (Å²) in [4.78, 5) is 54.3. The third-order valence-corrected chi connectivity index (χ3v) is 4.16. The van der Waals surface area contributed by atoms with Crippen molar-refractivity contribution in [3.63, 3.8) is 0 Å². The molecule has 16 heteroatoms. The first-order chi connectivity index (χ1) is 16.1. The zero-order valence-corrected chi connectivity index (χ0v) is 17.5. The Morgan fingerprint density at radius 2 is 1.53 bits per heavy atom. The quantitative estimate of drug-likeness (QED) is 0.284. The van der Waals surface area contributed by atoms with E-state index in [0.29, 0.717) is 24.1 Å². The molecule has 0 aromatic heterocycles. The third kappa shape index (κ3) is 5.96. The van der Waals surface area contributed by atoms with E-state index in [1.807, 2.05) is 5.43 Å². The van der Waals surface area contributed by atoms with Gasteiger partial charge in [0.2, 0.25) is 0 Å². The van der Waals surface area contributed by atoms with E-state index in [9.17, 15) is 39.9 Å². The van der Waals surface area contributed by atoms with Crippen molar-refractivity contribution in [2.24, 2.45) is 5.10 Å². The second-order valence-electron chi connectivity index (χ2n) is 6.21. The second kappa shape index (κ2) is 10.9. The molecule has 0 unspecified atom stereocenters. The maximum absolute atomic E-state index is 12.2.